The van der Waals surface area contributed by atoms with Crippen LogP contribution in [0.3, 0.4) is 0 Å². The van der Waals surface area contributed by atoms with Crippen molar-refractivity contribution in [2.75, 3.05) is 19.6 Å². The molecule has 4 heterocycles. The van der Waals surface area contributed by atoms with Gasteiger partial charge in [-0.05, 0) is 43.7 Å². The van der Waals surface area contributed by atoms with Crippen molar-refractivity contribution >= 4 is 17.2 Å². The van der Waals surface area contributed by atoms with Crippen molar-refractivity contribution in [1.82, 2.24) is 14.8 Å². The fourth-order valence-corrected chi connectivity index (χ4v) is 4.96. The number of amides is 1. The Morgan fingerprint density at radius 3 is 2.92 bits per heavy atom. The number of aromatic nitrogens is 1. The monoisotopic (exact) mass is 369 g/mol. The molecule has 1 aromatic carbocycles. The SMILES string of the molecule is Cc1ccc(C)c(CC(=O)N2C[C@H]3CC[C@@H]2CN(Cc2cscn2)C3)c1. The van der Waals surface area contributed by atoms with Crippen LogP contribution in [0, 0.1) is 19.8 Å². The van der Waals surface area contributed by atoms with Gasteiger partial charge in [-0.2, -0.15) is 0 Å². The molecule has 2 atom stereocenters. The smallest absolute Gasteiger partial charge is 0.227 e. The normalized spacial score (nSPS) is 23.2. The van der Waals surface area contributed by atoms with Gasteiger partial charge in [0.05, 0.1) is 17.6 Å². The summed E-state index contributed by atoms with van der Waals surface area (Å²) in [6, 6.07) is 6.76. The van der Waals surface area contributed by atoms with Crippen LogP contribution in [-0.4, -0.2) is 46.4 Å². The van der Waals surface area contributed by atoms with Gasteiger partial charge in [0, 0.05) is 37.6 Å². The predicted octanol–water partition coefficient (Wildman–Crippen LogP) is 3.43. The van der Waals surface area contributed by atoms with E-state index in [1.807, 2.05) is 5.51 Å². The third-order valence-electron chi connectivity index (χ3n) is 5.82. The van der Waals surface area contributed by atoms with Crippen molar-refractivity contribution < 1.29 is 4.79 Å². The van der Waals surface area contributed by atoms with Crippen LogP contribution in [0.15, 0.2) is 29.1 Å². The number of benzene rings is 1. The number of piperidine rings is 1. The highest BCUT2D eigenvalue weighted by atomic mass is 32.1. The van der Waals surface area contributed by atoms with E-state index in [-0.39, 0.29) is 0 Å². The Morgan fingerprint density at radius 2 is 2.12 bits per heavy atom. The summed E-state index contributed by atoms with van der Waals surface area (Å²) in [4.78, 5) is 22.2. The maximum Gasteiger partial charge on any atom is 0.227 e. The summed E-state index contributed by atoms with van der Waals surface area (Å²) >= 11 is 1.66. The number of nitrogens with zero attached hydrogens (tertiary/aromatic N) is 3. The fourth-order valence-electron chi connectivity index (χ4n) is 4.41. The van der Waals surface area contributed by atoms with E-state index in [0.717, 1.165) is 38.3 Å². The highest BCUT2D eigenvalue weighted by Crippen LogP contribution is 2.29. The lowest BCUT2D eigenvalue weighted by Crippen LogP contribution is -2.48. The minimum Gasteiger partial charge on any atom is -0.338 e. The summed E-state index contributed by atoms with van der Waals surface area (Å²) in [5, 5.41) is 2.14. The number of aryl methyl sites for hydroxylation is 2. The van der Waals surface area contributed by atoms with Crippen LogP contribution in [0.5, 0.6) is 0 Å². The summed E-state index contributed by atoms with van der Waals surface area (Å²) in [5.41, 5.74) is 6.68. The molecule has 26 heavy (non-hydrogen) atoms. The molecule has 1 amide bonds. The van der Waals surface area contributed by atoms with E-state index in [9.17, 15) is 4.79 Å². The molecule has 3 aliphatic rings. The molecule has 5 heteroatoms. The van der Waals surface area contributed by atoms with Crippen LogP contribution in [0.1, 0.15) is 35.2 Å². The number of hydrogen-bond acceptors (Lipinski definition) is 4. The molecule has 0 N–H and O–H groups in total. The minimum atomic E-state index is 0.295. The number of carbonyl (C=O) groups is 1. The summed E-state index contributed by atoms with van der Waals surface area (Å²) < 4.78 is 0. The molecule has 5 rings (SSSR count). The van der Waals surface area contributed by atoms with E-state index in [1.54, 1.807) is 11.3 Å². The molecule has 3 saturated heterocycles. The number of hydrogen-bond donors (Lipinski definition) is 0. The van der Waals surface area contributed by atoms with Gasteiger partial charge in [-0.1, -0.05) is 23.8 Å². The van der Waals surface area contributed by atoms with E-state index in [0.29, 0.717) is 24.3 Å². The van der Waals surface area contributed by atoms with Crippen LogP contribution in [0.25, 0.3) is 0 Å². The zero-order chi connectivity index (χ0) is 18.1. The Labute approximate surface area is 159 Å². The first-order chi connectivity index (χ1) is 12.6. The molecule has 3 fully saturated rings. The topological polar surface area (TPSA) is 36.4 Å². The van der Waals surface area contributed by atoms with Gasteiger partial charge < -0.3 is 4.90 Å². The van der Waals surface area contributed by atoms with Gasteiger partial charge in [0.2, 0.25) is 5.91 Å². The number of fused-ring (bicyclic) bond motifs is 4. The Balaban J connectivity index is 1.46. The molecule has 4 nitrogen and oxygen atoms in total. The minimum absolute atomic E-state index is 0.295. The quantitative estimate of drug-likeness (QED) is 0.828. The molecule has 0 aliphatic carbocycles. The molecule has 2 bridgehead atoms. The standard InChI is InChI=1S/C21H27N3OS/c1-15-3-4-16(2)18(7-15)8-21(25)24-10-17-5-6-20(24)12-23(9-17)11-19-13-26-14-22-19/h3-4,7,13-14,17,20H,5-6,8-12H2,1-2H3/t17-,20+/m0/s1. The molecule has 0 spiro atoms. The van der Waals surface area contributed by atoms with Crippen LogP contribution >= 0.6 is 11.3 Å². The molecule has 0 unspecified atom stereocenters. The van der Waals surface area contributed by atoms with Gasteiger partial charge in [0.25, 0.3) is 0 Å². The first kappa shape index (κ1) is 17.7. The number of carbonyl (C=O) groups excluding carboxylic acids is 1. The Bertz CT molecular complexity index is 774. The highest BCUT2D eigenvalue weighted by molar-refractivity contribution is 7.07. The lowest BCUT2D eigenvalue weighted by atomic mass is 9.94. The number of rotatable bonds is 4. The summed E-state index contributed by atoms with van der Waals surface area (Å²) in [6.45, 7) is 8.09. The maximum absolute atomic E-state index is 13.1. The van der Waals surface area contributed by atoms with E-state index < -0.39 is 0 Å². The molecule has 1 aromatic heterocycles. The van der Waals surface area contributed by atoms with Gasteiger partial charge in [-0.3, -0.25) is 9.69 Å². The third-order valence-corrected chi connectivity index (χ3v) is 6.46. The average molecular weight is 370 g/mol. The highest BCUT2D eigenvalue weighted by Gasteiger charge is 2.37. The molecule has 3 aliphatic heterocycles. The first-order valence-corrected chi connectivity index (χ1v) is 10.5. The molecular weight excluding hydrogens is 342 g/mol. The van der Waals surface area contributed by atoms with E-state index in [1.165, 1.54) is 23.1 Å². The van der Waals surface area contributed by atoms with E-state index >= 15 is 0 Å². The molecule has 0 radical (unpaired) electrons. The van der Waals surface area contributed by atoms with E-state index in [2.05, 4.69) is 52.2 Å². The zero-order valence-corrected chi connectivity index (χ0v) is 16.5. The Hall–Kier alpha value is -1.72. The maximum atomic E-state index is 13.1. The second-order valence-electron chi connectivity index (χ2n) is 7.92. The van der Waals surface area contributed by atoms with Crippen molar-refractivity contribution in [2.24, 2.45) is 5.92 Å². The average Bonchev–Trinajstić information content (AvgIpc) is 2.96. The first-order valence-electron chi connectivity index (χ1n) is 9.53. The second-order valence-corrected chi connectivity index (χ2v) is 8.64. The van der Waals surface area contributed by atoms with Gasteiger partial charge in [0.1, 0.15) is 0 Å². The van der Waals surface area contributed by atoms with Gasteiger partial charge in [-0.25, -0.2) is 4.98 Å². The Kier molecular flexibility index (Phi) is 5.09. The van der Waals surface area contributed by atoms with Crippen LogP contribution in [-0.2, 0) is 17.8 Å². The summed E-state index contributed by atoms with van der Waals surface area (Å²) in [7, 11) is 0. The van der Waals surface area contributed by atoms with Gasteiger partial charge >= 0.3 is 0 Å². The van der Waals surface area contributed by atoms with Crippen molar-refractivity contribution in [2.45, 2.75) is 45.7 Å². The zero-order valence-electron chi connectivity index (χ0n) is 15.6. The van der Waals surface area contributed by atoms with Crippen LogP contribution in [0.4, 0.5) is 0 Å². The fraction of sp³-hybridized carbons (Fsp3) is 0.524. The largest absolute Gasteiger partial charge is 0.338 e. The van der Waals surface area contributed by atoms with Crippen molar-refractivity contribution in [3.05, 3.63) is 51.5 Å². The molecule has 2 aromatic rings. The van der Waals surface area contributed by atoms with Crippen LogP contribution in [0.2, 0.25) is 0 Å². The number of thiazole rings is 1. The predicted molar refractivity (Wildman–Crippen MR) is 105 cm³/mol. The van der Waals surface area contributed by atoms with Crippen molar-refractivity contribution in [1.29, 1.82) is 0 Å². The van der Waals surface area contributed by atoms with E-state index in [4.69, 9.17) is 0 Å². The lowest BCUT2D eigenvalue weighted by molar-refractivity contribution is -0.134. The van der Waals surface area contributed by atoms with Gasteiger partial charge in [-0.15, -0.1) is 11.3 Å². The lowest BCUT2D eigenvalue weighted by Gasteiger charge is -2.36. The van der Waals surface area contributed by atoms with Gasteiger partial charge in [0.15, 0.2) is 0 Å². The van der Waals surface area contributed by atoms with Crippen LogP contribution < -0.4 is 0 Å². The molecule has 0 saturated carbocycles. The molecule has 138 valence electrons. The van der Waals surface area contributed by atoms with Crippen molar-refractivity contribution in [3.63, 3.8) is 0 Å². The molecular formula is C21H27N3OS. The second kappa shape index (κ2) is 7.49. The summed E-state index contributed by atoms with van der Waals surface area (Å²) in [5.74, 6) is 0.888. The third kappa shape index (κ3) is 3.84. The Morgan fingerprint density at radius 1 is 1.23 bits per heavy atom. The van der Waals surface area contributed by atoms with Crippen molar-refractivity contribution in [3.8, 4) is 0 Å². The summed E-state index contributed by atoms with van der Waals surface area (Å²) in [6.07, 6.45) is 2.91.